The number of hydrogen-bond donors (Lipinski definition) is 1. The first kappa shape index (κ1) is 12.9. The number of likely N-dealkylation sites (tertiary alicyclic amines) is 1. The van der Waals surface area contributed by atoms with Crippen LogP contribution in [0.2, 0.25) is 5.02 Å². The van der Waals surface area contributed by atoms with Gasteiger partial charge < -0.3 is 10.6 Å². The van der Waals surface area contributed by atoms with E-state index in [0.717, 1.165) is 12.8 Å². The zero-order valence-electron chi connectivity index (χ0n) is 9.93. The number of halogens is 1. The van der Waals surface area contributed by atoms with Crippen LogP contribution in [0.3, 0.4) is 0 Å². The lowest BCUT2D eigenvalue weighted by molar-refractivity contribution is -0.123. The molecule has 96 valence electrons. The Bertz CT molecular complexity index is 459. The highest BCUT2D eigenvalue weighted by Gasteiger charge is 2.27. The van der Waals surface area contributed by atoms with Gasteiger partial charge in [-0.3, -0.25) is 9.59 Å². The Labute approximate surface area is 111 Å². The van der Waals surface area contributed by atoms with Crippen LogP contribution in [0.25, 0.3) is 0 Å². The van der Waals surface area contributed by atoms with Crippen LogP contribution in [-0.4, -0.2) is 29.8 Å². The van der Waals surface area contributed by atoms with Crippen LogP contribution < -0.4 is 5.73 Å². The van der Waals surface area contributed by atoms with E-state index in [9.17, 15) is 9.59 Å². The largest absolute Gasteiger partial charge is 0.369 e. The Morgan fingerprint density at radius 2 is 1.94 bits per heavy atom. The van der Waals surface area contributed by atoms with Gasteiger partial charge in [-0.15, -0.1) is 0 Å². The predicted molar refractivity (Wildman–Crippen MR) is 69.3 cm³/mol. The van der Waals surface area contributed by atoms with E-state index in [1.54, 1.807) is 29.2 Å². The molecule has 1 aliphatic rings. The van der Waals surface area contributed by atoms with Gasteiger partial charge in [0.15, 0.2) is 0 Å². The first-order chi connectivity index (χ1) is 8.58. The van der Waals surface area contributed by atoms with E-state index in [4.69, 9.17) is 17.3 Å². The van der Waals surface area contributed by atoms with Crippen molar-refractivity contribution < 1.29 is 9.59 Å². The molecule has 2 amide bonds. The molecule has 1 aromatic carbocycles. The molecule has 1 saturated heterocycles. The molecule has 2 rings (SSSR count). The molecule has 18 heavy (non-hydrogen) atoms. The summed E-state index contributed by atoms with van der Waals surface area (Å²) in [4.78, 5) is 25.1. The maximum Gasteiger partial charge on any atom is 0.253 e. The highest BCUT2D eigenvalue weighted by Crippen LogP contribution is 2.19. The van der Waals surface area contributed by atoms with Gasteiger partial charge in [-0.25, -0.2) is 0 Å². The molecule has 1 heterocycles. The molecule has 5 heteroatoms. The first-order valence-corrected chi connectivity index (χ1v) is 6.30. The van der Waals surface area contributed by atoms with Crippen LogP contribution in [0.15, 0.2) is 24.3 Å². The Hall–Kier alpha value is -1.55. The number of piperidine rings is 1. The molecule has 0 unspecified atom stereocenters. The van der Waals surface area contributed by atoms with Crippen molar-refractivity contribution >= 4 is 23.4 Å². The summed E-state index contributed by atoms with van der Waals surface area (Å²) in [7, 11) is 0. The van der Waals surface area contributed by atoms with Crippen molar-refractivity contribution in [3.05, 3.63) is 34.9 Å². The van der Waals surface area contributed by atoms with Crippen LogP contribution in [0.1, 0.15) is 23.2 Å². The van der Waals surface area contributed by atoms with Gasteiger partial charge in [0.25, 0.3) is 5.91 Å². The number of primary amides is 1. The summed E-state index contributed by atoms with van der Waals surface area (Å²) in [6.07, 6.45) is 1.58. The fourth-order valence-electron chi connectivity index (χ4n) is 2.17. The molecule has 1 fully saturated rings. The van der Waals surface area contributed by atoms with Crippen LogP contribution in [0.5, 0.6) is 0 Å². The topological polar surface area (TPSA) is 63.4 Å². The lowest BCUT2D eigenvalue weighted by Gasteiger charge is -2.31. The van der Waals surface area contributed by atoms with E-state index in [1.165, 1.54) is 0 Å². The first-order valence-electron chi connectivity index (χ1n) is 5.92. The van der Waals surface area contributed by atoms with E-state index in [0.29, 0.717) is 23.7 Å². The second-order valence-electron chi connectivity index (χ2n) is 4.50. The number of rotatable bonds is 2. The summed E-state index contributed by atoms with van der Waals surface area (Å²) < 4.78 is 0. The zero-order chi connectivity index (χ0) is 13.1. The maximum atomic E-state index is 12.2. The van der Waals surface area contributed by atoms with Crippen LogP contribution >= 0.6 is 11.6 Å². The lowest BCUT2D eigenvalue weighted by atomic mass is 9.97. The average Bonchev–Trinajstić information content (AvgIpc) is 2.39. The SMILES string of the molecule is NC(=O)[C@H]1CCCN(C(=O)c2ccc(Cl)cc2)C1. The van der Waals surface area contributed by atoms with Gasteiger partial charge in [0, 0.05) is 23.7 Å². The molecule has 0 aromatic heterocycles. The van der Waals surface area contributed by atoms with Crippen LogP contribution in [-0.2, 0) is 4.79 Å². The number of amides is 2. The fraction of sp³-hybridized carbons (Fsp3) is 0.385. The Morgan fingerprint density at radius 3 is 2.56 bits per heavy atom. The molecule has 0 bridgehead atoms. The molecule has 1 atom stereocenters. The third kappa shape index (κ3) is 2.82. The third-order valence-corrected chi connectivity index (χ3v) is 3.45. The minimum atomic E-state index is -0.330. The van der Waals surface area contributed by atoms with Crippen molar-refractivity contribution in [3.8, 4) is 0 Å². The van der Waals surface area contributed by atoms with Gasteiger partial charge in [-0.05, 0) is 37.1 Å². The van der Waals surface area contributed by atoms with E-state index in [2.05, 4.69) is 0 Å². The maximum absolute atomic E-state index is 12.2. The summed E-state index contributed by atoms with van der Waals surface area (Å²) in [5.74, 6) is -0.628. The third-order valence-electron chi connectivity index (χ3n) is 3.20. The summed E-state index contributed by atoms with van der Waals surface area (Å²) in [6, 6.07) is 6.76. The standard InChI is InChI=1S/C13H15ClN2O2/c14-11-5-3-9(4-6-11)13(18)16-7-1-2-10(8-16)12(15)17/h3-6,10H,1-2,7-8H2,(H2,15,17)/t10-/m0/s1. The molecule has 0 radical (unpaired) electrons. The Balaban J connectivity index is 2.09. The second kappa shape index (κ2) is 5.40. The predicted octanol–water partition coefficient (Wildman–Crippen LogP) is 1.68. The molecule has 4 nitrogen and oxygen atoms in total. The minimum absolute atomic E-state index is 0.0717. The van der Waals surface area contributed by atoms with E-state index < -0.39 is 0 Å². The fourth-order valence-corrected chi connectivity index (χ4v) is 2.29. The second-order valence-corrected chi connectivity index (χ2v) is 4.94. The van der Waals surface area contributed by atoms with Gasteiger partial charge in [-0.2, -0.15) is 0 Å². The van der Waals surface area contributed by atoms with Gasteiger partial charge >= 0.3 is 0 Å². The Kier molecular flexibility index (Phi) is 3.87. The summed E-state index contributed by atoms with van der Waals surface area (Å²) in [5.41, 5.74) is 5.88. The van der Waals surface area contributed by atoms with Crippen molar-refractivity contribution in [3.63, 3.8) is 0 Å². The van der Waals surface area contributed by atoms with E-state index in [1.807, 2.05) is 0 Å². The Morgan fingerprint density at radius 1 is 1.28 bits per heavy atom. The van der Waals surface area contributed by atoms with Gasteiger partial charge in [0.2, 0.25) is 5.91 Å². The number of carbonyl (C=O) groups is 2. The number of benzene rings is 1. The summed E-state index contributed by atoms with van der Waals surface area (Å²) in [6.45, 7) is 1.09. The molecular formula is C13H15ClN2O2. The normalized spacial score (nSPS) is 19.6. The average molecular weight is 267 g/mol. The zero-order valence-corrected chi connectivity index (χ0v) is 10.7. The highest BCUT2D eigenvalue weighted by atomic mass is 35.5. The molecule has 0 saturated carbocycles. The van der Waals surface area contributed by atoms with Crippen molar-refractivity contribution in [1.82, 2.24) is 4.90 Å². The number of nitrogens with two attached hydrogens (primary N) is 1. The molecule has 1 aliphatic heterocycles. The van der Waals surface area contributed by atoms with E-state index >= 15 is 0 Å². The van der Waals surface area contributed by atoms with Crippen molar-refractivity contribution in [2.75, 3.05) is 13.1 Å². The van der Waals surface area contributed by atoms with Gasteiger partial charge in [0.05, 0.1) is 5.92 Å². The lowest BCUT2D eigenvalue weighted by Crippen LogP contribution is -2.44. The smallest absolute Gasteiger partial charge is 0.253 e. The number of carbonyl (C=O) groups excluding carboxylic acids is 2. The monoisotopic (exact) mass is 266 g/mol. The van der Waals surface area contributed by atoms with Crippen molar-refractivity contribution in [2.24, 2.45) is 11.7 Å². The van der Waals surface area contributed by atoms with Crippen LogP contribution in [0, 0.1) is 5.92 Å². The van der Waals surface area contributed by atoms with Gasteiger partial charge in [0.1, 0.15) is 0 Å². The highest BCUT2D eigenvalue weighted by molar-refractivity contribution is 6.30. The van der Waals surface area contributed by atoms with Gasteiger partial charge in [-0.1, -0.05) is 11.6 Å². The summed E-state index contributed by atoms with van der Waals surface area (Å²) in [5, 5.41) is 0.597. The minimum Gasteiger partial charge on any atom is -0.369 e. The molecule has 2 N–H and O–H groups in total. The number of hydrogen-bond acceptors (Lipinski definition) is 2. The van der Waals surface area contributed by atoms with Crippen molar-refractivity contribution in [2.45, 2.75) is 12.8 Å². The molecule has 1 aromatic rings. The quantitative estimate of drug-likeness (QED) is 0.885. The number of nitrogens with zero attached hydrogens (tertiary/aromatic N) is 1. The molecular weight excluding hydrogens is 252 g/mol. The van der Waals surface area contributed by atoms with E-state index in [-0.39, 0.29) is 17.7 Å². The summed E-state index contributed by atoms with van der Waals surface area (Å²) >= 11 is 5.78. The molecule has 0 aliphatic carbocycles. The molecule has 0 spiro atoms. The van der Waals surface area contributed by atoms with Crippen molar-refractivity contribution in [1.29, 1.82) is 0 Å². The van der Waals surface area contributed by atoms with Crippen LogP contribution in [0.4, 0.5) is 0 Å².